The Labute approximate surface area is 117 Å². The summed E-state index contributed by atoms with van der Waals surface area (Å²) in [5.74, 6) is 1.57. The van der Waals surface area contributed by atoms with Crippen LogP contribution in [0.15, 0.2) is 41.7 Å². The van der Waals surface area contributed by atoms with Crippen LogP contribution in [0.3, 0.4) is 0 Å². The Morgan fingerprint density at radius 1 is 1.10 bits per heavy atom. The summed E-state index contributed by atoms with van der Waals surface area (Å²) in [7, 11) is 0. The highest BCUT2D eigenvalue weighted by Gasteiger charge is 2.13. The highest BCUT2D eigenvalue weighted by Crippen LogP contribution is 2.14. The van der Waals surface area contributed by atoms with Gasteiger partial charge in [-0.3, -0.25) is 9.98 Å². The number of hydrogen-bond acceptors (Lipinski definition) is 5. The SMILES string of the molecule is Cc1ccc(COCC2=NCc3nccnc3N2)cc1. The molecule has 0 fully saturated rings. The van der Waals surface area contributed by atoms with Gasteiger partial charge in [-0.15, -0.1) is 0 Å². The van der Waals surface area contributed by atoms with Gasteiger partial charge in [0, 0.05) is 12.4 Å². The molecule has 102 valence electrons. The Balaban J connectivity index is 1.53. The molecule has 0 saturated heterocycles. The van der Waals surface area contributed by atoms with E-state index < -0.39 is 0 Å². The Kier molecular flexibility index (Phi) is 3.69. The van der Waals surface area contributed by atoms with Crippen LogP contribution in [-0.2, 0) is 17.9 Å². The van der Waals surface area contributed by atoms with Gasteiger partial charge in [-0.25, -0.2) is 4.98 Å². The van der Waals surface area contributed by atoms with Gasteiger partial charge < -0.3 is 10.1 Å². The molecule has 0 spiro atoms. The fourth-order valence-electron chi connectivity index (χ4n) is 1.97. The second-order valence-electron chi connectivity index (χ2n) is 4.72. The first-order chi connectivity index (χ1) is 9.81. The minimum Gasteiger partial charge on any atom is -0.369 e. The molecule has 0 radical (unpaired) electrons. The Morgan fingerprint density at radius 3 is 2.75 bits per heavy atom. The fourth-order valence-corrected chi connectivity index (χ4v) is 1.97. The van der Waals surface area contributed by atoms with Crippen molar-refractivity contribution in [3.63, 3.8) is 0 Å². The largest absolute Gasteiger partial charge is 0.369 e. The predicted molar refractivity (Wildman–Crippen MR) is 77.6 cm³/mol. The highest BCUT2D eigenvalue weighted by atomic mass is 16.5. The molecular formula is C15H16N4O. The number of nitrogens with zero attached hydrogens (tertiary/aromatic N) is 3. The molecule has 0 bridgehead atoms. The molecule has 0 saturated carbocycles. The normalized spacial score (nSPS) is 13.3. The number of aliphatic imine (C=N–C) groups is 1. The average molecular weight is 268 g/mol. The minimum atomic E-state index is 0.448. The molecule has 2 heterocycles. The molecular weight excluding hydrogens is 252 g/mol. The zero-order chi connectivity index (χ0) is 13.8. The molecule has 0 amide bonds. The summed E-state index contributed by atoms with van der Waals surface area (Å²) in [6.45, 7) is 3.65. The van der Waals surface area contributed by atoms with Crippen LogP contribution in [0.1, 0.15) is 16.8 Å². The van der Waals surface area contributed by atoms with Crippen LogP contribution >= 0.6 is 0 Å². The second kappa shape index (κ2) is 5.79. The number of aromatic nitrogens is 2. The standard InChI is InChI=1S/C15H16N4O/c1-11-2-4-12(5-3-11)9-20-10-14-18-8-13-15(19-14)17-7-6-16-13/h2-7H,8-10H2,1H3,(H,17,18,19). The lowest BCUT2D eigenvalue weighted by Crippen LogP contribution is -2.24. The van der Waals surface area contributed by atoms with Gasteiger partial charge >= 0.3 is 0 Å². The molecule has 5 nitrogen and oxygen atoms in total. The molecule has 2 aromatic rings. The van der Waals surface area contributed by atoms with E-state index in [0.717, 1.165) is 22.9 Å². The van der Waals surface area contributed by atoms with Crippen molar-refractivity contribution in [3.8, 4) is 0 Å². The van der Waals surface area contributed by atoms with Gasteiger partial charge in [0.2, 0.25) is 0 Å². The van der Waals surface area contributed by atoms with E-state index in [0.29, 0.717) is 19.8 Å². The van der Waals surface area contributed by atoms with Crippen LogP contribution in [0.5, 0.6) is 0 Å². The number of ether oxygens (including phenoxy) is 1. The van der Waals surface area contributed by atoms with Crippen LogP contribution < -0.4 is 5.32 Å². The maximum Gasteiger partial charge on any atom is 0.155 e. The summed E-state index contributed by atoms with van der Waals surface area (Å²) < 4.78 is 5.67. The van der Waals surface area contributed by atoms with Crippen LogP contribution in [0.2, 0.25) is 0 Å². The molecule has 0 aliphatic carbocycles. The lowest BCUT2D eigenvalue weighted by atomic mass is 10.2. The summed E-state index contributed by atoms with van der Waals surface area (Å²) in [4.78, 5) is 12.8. The second-order valence-corrected chi connectivity index (χ2v) is 4.72. The van der Waals surface area contributed by atoms with Crippen molar-refractivity contribution in [1.29, 1.82) is 0 Å². The van der Waals surface area contributed by atoms with E-state index in [2.05, 4.69) is 51.5 Å². The van der Waals surface area contributed by atoms with Gasteiger partial charge in [-0.05, 0) is 12.5 Å². The third kappa shape index (κ3) is 3.00. The van der Waals surface area contributed by atoms with E-state index in [1.54, 1.807) is 12.4 Å². The Hall–Kier alpha value is -2.27. The molecule has 20 heavy (non-hydrogen) atoms. The van der Waals surface area contributed by atoms with Gasteiger partial charge in [0.15, 0.2) is 5.82 Å². The lowest BCUT2D eigenvalue weighted by molar-refractivity contribution is 0.157. The number of aryl methyl sites for hydroxylation is 1. The number of benzene rings is 1. The van der Waals surface area contributed by atoms with E-state index in [1.165, 1.54) is 5.56 Å². The van der Waals surface area contributed by atoms with Gasteiger partial charge in [-0.2, -0.15) is 0 Å². The van der Waals surface area contributed by atoms with E-state index in [-0.39, 0.29) is 0 Å². The van der Waals surface area contributed by atoms with Crippen molar-refractivity contribution in [2.24, 2.45) is 4.99 Å². The van der Waals surface area contributed by atoms with Crippen LogP contribution in [0.4, 0.5) is 5.82 Å². The zero-order valence-electron chi connectivity index (χ0n) is 11.3. The van der Waals surface area contributed by atoms with E-state index >= 15 is 0 Å². The van der Waals surface area contributed by atoms with Crippen molar-refractivity contribution in [2.75, 3.05) is 11.9 Å². The van der Waals surface area contributed by atoms with Gasteiger partial charge in [0.1, 0.15) is 18.1 Å². The quantitative estimate of drug-likeness (QED) is 0.924. The Bertz CT molecular complexity index is 622. The van der Waals surface area contributed by atoms with Crippen molar-refractivity contribution in [2.45, 2.75) is 20.1 Å². The number of fused-ring (bicyclic) bond motifs is 1. The topological polar surface area (TPSA) is 59.4 Å². The van der Waals surface area contributed by atoms with Crippen molar-refractivity contribution in [1.82, 2.24) is 9.97 Å². The van der Waals surface area contributed by atoms with Crippen molar-refractivity contribution >= 4 is 11.7 Å². The molecule has 5 heteroatoms. The number of rotatable bonds is 4. The third-order valence-electron chi connectivity index (χ3n) is 3.08. The van der Waals surface area contributed by atoms with Crippen LogP contribution in [0, 0.1) is 6.92 Å². The van der Waals surface area contributed by atoms with Gasteiger partial charge in [0.25, 0.3) is 0 Å². The summed E-state index contributed by atoms with van der Waals surface area (Å²) in [5.41, 5.74) is 3.28. The smallest absolute Gasteiger partial charge is 0.155 e. The fraction of sp³-hybridized carbons (Fsp3) is 0.267. The van der Waals surface area contributed by atoms with Crippen LogP contribution in [0.25, 0.3) is 0 Å². The Morgan fingerprint density at radius 2 is 1.90 bits per heavy atom. The predicted octanol–water partition coefficient (Wildman–Crippen LogP) is 2.33. The molecule has 0 atom stereocenters. The molecule has 1 aliphatic heterocycles. The molecule has 1 aliphatic rings. The molecule has 3 rings (SSSR count). The monoisotopic (exact) mass is 268 g/mol. The number of nitrogens with one attached hydrogen (secondary N) is 1. The summed E-state index contributed by atoms with van der Waals surface area (Å²) >= 11 is 0. The third-order valence-corrected chi connectivity index (χ3v) is 3.08. The van der Waals surface area contributed by atoms with Crippen molar-refractivity contribution in [3.05, 3.63) is 53.5 Å². The van der Waals surface area contributed by atoms with E-state index in [4.69, 9.17) is 4.74 Å². The number of amidine groups is 1. The first-order valence-corrected chi connectivity index (χ1v) is 6.55. The number of hydrogen-bond donors (Lipinski definition) is 1. The molecule has 1 aromatic carbocycles. The van der Waals surface area contributed by atoms with E-state index in [9.17, 15) is 0 Å². The van der Waals surface area contributed by atoms with Gasteiger partial charge in [0.05, 0.1) is 13.2 Å². The first-order valence-electron chi connectivity index (χ1n) is 6.55. The minimum absolute atomic E-state index is 0.448. The maximum atomic E-state index is 5.67. The first kappa shape index (κ1) is 12.7. The lowest BCUT2D eigenvalue weighted by Gasteiger charge is -2.16. The van der Waals surface area contributed by atoms with E-state index in [1.807, 2.05) is 0 Å². The van der Waals surface area contributed by atoms with Crippen molar-refractivity contribution < 1.29 is 4.74 Å². The summed E-state index contributed by atoms with van der Waals surface area (Å²) in [6.07, 6.45) is 3.34. The molecule has 1 aromatic heterocycles. The average Bonchev–Trinajstić information content (AvgIpc) is 2.49. The maximum absolute atomic E-state index is 5.67. The summed E-state index contributed by atoms with van der Waals surface area (Å²) in [5, 5.41) is 3.14. The number of anilines is 1. The highest BCUT2D eigenvalue weighted by molar-refractivity contribution is 5.97. The molecule has 1 N–H and O–H groups in total. The van der Waals surface area contributed by atoms with Crippen LogP contribution in [-0.4, -0.2) is 22.4 Å². The molecule has 0 unspecified atom stereocenters. The zero-order valence-corrected chi connectivity index (χ0v) is 11.3. The van der Waals surface area contributed by atoms with Gasteiger partial charge in [-0.1, -0.05) is 29.8 Å². The summed E-state index contributed by atoms with van der Waals surface area (Å²) in [6, 6.07) is 8.32.